The fraction of sp³-hybridized carbons (Fsp3) is 0.304. The fourth-order valence-corrected chi connectivity index (χ4v) is 4.85. The second-order valence-corrected chi connectivity index (χ2v) is 8.75. The van der Waals surface area contributed by atoms with Crippen LogP contribution in [-0.4, -0.2) is 65.2 Å². The number of aromatic nitrogens is 3. The molecule has 0 bridgehead atoms. The van der Waals surface area contributed by atoms with Crippen molar-refractivity contribution >= 4 is 43.6 Å². The quantitative estimate of drug-likeness (QED) is 0.427. The summed E-state index contributed by atoms with van der Waals surface area (Å²) in [5, 5.41) is 0.302. The van der Waals surface area contributed by atoms with Crippen molar-refractivity contribution in [1.29, 1.82) is 0 Å². The fourth-order valence-electron chi connectivity index (χ4n) is 3.82. The molecule has 0 N–H and O–H groups in total. The van der Waals surface area contributed by atoms with Gasteiger partial charge in [-0.1, -0.05) is 23.5 Å². The van der Waals surface area contributed by atoms with Crippen molar-refractivity contribution in [3.05, 3.63) is 59.9 Å². The number of hydrogen-bond acceptors (Lipinski definition) is 7. The maximum Gasteiger partial charge on any atom is 0.280 e. The topological polar surface area (TPSA) is 71.5 Å². The number of ether oxygens (including phenoxy) is 1. The smallest absolute Gasteiger partial charge is 0.280 e. The number of para-hydroxylation sites is 2. The van der Waals surface area contributed by atoms with E-state index in [1.165, 1.54) is 17.2 Å². The third-order valence-electron chi connectivity index (χ3n) is 5.51. The van der Waals surface area contributed by atoms with Gasteiger partial charge in [-0.05, 0) is 24.6 Å². The van der Waals surface area contributed by atoms with Gasteiger partial charge in [-0.25, -0.2) is 18.7 Å². The average Bonchev–Trinajstić information content (AvgIpc) is 3.26. The minimum Gasteiger partial charge on any atom is -0.379 e. The number of rotatable bonds is 6. The number of morpholine rings is 1. The summed E-state index contributed by atoms with van der Waals surface area (Å²) in [7, 11) is 0. The molecule has 0 aliphatic carbocycles. The van der Waals surface area contributed by atoms with Crippen LogP contribution >= 0.6 is 11.3 Å². The Morgan fingerprint density at radius 3 is 2.73 bits per heavy atom. The van der Waals surface area contributed by atoms with E-state index in [1.807, 2.05) is 18.2 Å². The SMILES string of the molecule is O=C(c1cnc2ccccc2n1)N(CCCN1CCOCC1)c1nc2c(F)cc(F)cc2s1. The van der Waals surface area contributed by atoms with Gasteiger partial charge in [0.1, 0.15) is 17.0 Å². The number of carbonyl (C=O) groups is 1. The summed E-state index contributed by atoms with van der Waals surface area (Å²) in [4.78, 5) is 30.4. The molecule has 3 heterocycles. The molecule has 1 amide bonds. The Bertz CT molecular complexity index is 1310. The van der Waals surface area contributed by atoms with E-state index >= 15 is 0 Å². The molecule has 0 unspecified atom stereocenters. The van der Waals surface area contributed by atoms with Crippen LogP contribution in [0.25, 0.3) is 21.3 Å². The number of fused-ring (bicyclic) bond motifs is 2. The van der Waals surface area contributed by atoms with Crippen LogP contribution in [0.4, 0.5) is 13.9 Å². The number of carbonyl (C=O) groups excluding carboxylic acids is 1. The van der Waals surface area contributed by atoms with Crippen LogP contribution in [-0.2, 0) is 4.74 Å². The number of thiazole rings is 1. The molecule has 0 atom stereocenters. The first-order chi connectivity index (χ1) is 16.1. The monoisotopic (exact) mass is 469 g/mol. The van der Waals surface area contributed by atoms with Gasteiger partial charge in [-0.15, -0.1) is 0 Å². The number of halogens is 2. The van der Waals surface area contributed by atoms with Gasteiger partial charge in [0.25, 0.3) is 5.91 Å². The van der Waals surface area contributed by atoms with Gasteiger partial charge in [0.05, 0.1) is 35.1 Å². The average molecular weight is 470 g/mol. The van der Waals surface area contributed by atoms with E-state index in [9.17, 15) is 13.6 Å². The molecule has 170 valence electrons. The highest BCUT2D eigenvalue weighted by Crippen LogP contribution is 2.32. The molecule has 33 heavy (non-hydrogen) atoms. The van der Waals surface area contributed by atoms with Crippen molar-refractivity contribution in [1.82, 2.24) is 19.9 Å². The van der Waals surface area contributed by atoms with Crippen molar-refractivity contribution in [2.24, 2.45) is 0 Å². The maximum absolute atomic E-state index is 14.3. The first-order valence-corrected chi connectivity index (χ1v) is 11.5. The number of amides is 1. The van der Waals surface area contributed by atoms with Crippen LogP contribution in [0.3, 0.4) is 0 Å². The summed E-state index contributed by atoms with van der Waals surface area (Å²) in [6.07, 6.45) is 2.12. The zero-order chi connectivity index (χ0) is 22.8. The van der Waals surface area contributed by atoms with Gasteiger partial charge in [-0.2, -0.15) is 0 Å². The van der Waals surface area contributed by atoms with Crippen molar-refractivity contribution in [2.45, 2.75) is 6.42 Å². The number of anilines is 1. The third kappa shape index (κ3) is 4.68. The van der Waals surface area contributed by atoms with E-state index < -0.39 is 11.6 Å². The van der Waals surface area contributed by atoms with Crippen molar-refractivity contribution in [3.63, 3.8) is 0 Å². The Hall–Kier alpha value is -3.08. The molecule has 1 aliphatic heterocycles. The largest absolute Gasteiger partial charge is 0.379 e. The van der Waals surface area contributed by atoms with Gasteiger partial charge < -0.3 is 4.74 Å². The molecule has 1 saturated heterocycles. The molecular formula is C23H21F2N5O2S. The van der Waals surface area contributed by atoms with Crippen LogP contribution in [0.1, 0.15) is 16.9 Å². The van der Waals surface area contributed by atoms with Crippen LogP contribution in [0.2, 0.25) is 0 Å². The Kier molecular flexibility index (Phi) is 6.21. The Balaban J connectivity index is 1.45. The second kappa shape index (κ2) is 9.42. The van der Waals surface area contributed by atoms with E-state index in [1.54, 1.807) is 6.07 Å². The van der Waals surface area contributed by atoms with E-state index in [0.29, 0.717) is 47.0 Å². The molecule has 4 aromatic rings. The zero-order valence-corrected chi connectivity index (χ0v) is 18.5. The van der Waals surface area contributed by atoms with Crippen molar-refractivity contribution < 1.29 is 18.3 Å². The first kappa shape index (κ1) is 21.7. The molecule has 0 radical (unpaired) electrons. The molecular weight excluding hydrogens is 448 g/mol. The predicted molar refractivity (Wildman–Crippen MR) is 123 cm³/mol. The molecule has 7 nitrogen and oxygen atoms in total. The van der Waals surface area contributed by atoms with Gasteiger partial charge in [0.15, 0.2) is 10.9 Å². The standard InChI is InChI=1S/C23H21F2N5O2S/c24-15-12-16(25)21-20(13-15)33-23(28-21)30(7-3-6-29-8-10-32-11-9-29)22(31)19-14-26-17-4-1-2-5-18(17)27-19/h1-2,4-5,12-14H,3,6-11H2. The summed E-state index contributed by atoms with van der Waals surface area (Å²) in [6, 6.07) is 9.32. The summed E-state index contributed by atoms with van der Waals surface area (Å²) in [5.74, 6) is -1.81. The minimum atomic E-state index is -0.751. The Morgan fingerprint density at radius 2 is 1.91 bits per heavy atom. The van der Waals surface area contributed by atoms with E-state index in [4.69, 9.17) is 4.74 Å². The highest BCUT2D eigenvalue weighted by molar-refractivity contribution is 7.22. The van der Waals surface area contributed by atoms with Gasteiger partial charge >= 0.3 is 0 Å². The summed E-state index contributed by atoms with van der Waals surface area (Å²) >= 11 is 1.08. The molecule has 5 rings (SSSR count). The number of nitrogens with zero attached hydrogens (tertiary/aromatic N) is 5. The molecule has 2 aromatic carbocycles. The molecule has 2 aromatic heterocycles. The van der Waals surface area contributed by atoms with Gasteiger partial charge in [0.2, 0.25) is 0 Å². The number of benzene rings is 2. The summed E-state index contributed by atoms with van der Waals surface area (Å²) in [6.45, 7) is 4.21. The summed E-state index contributed by atoms with van der Waals surface area (Å²) < 4.78 is 33.7. The van der Waals surface area contributed by atoms with Crippen molar-refractivity contribution in [3.8, 4) is 0 Å². The lowest BCUT2D eigenvalue weighted by atomic mass is 10.2. The lowest BCUT2D eigenvalue weighted by molar-refractivity contribution is 0.0376. The molecule has 10 heteroatoms. The lowest BCUT2D eigenvalue weighted by Gasteiger charge is -2.27. The number of hydrogen-bond donors (Lipinski definition) is 0. The molecule has 0 spiro atoms. The molecule has 0 saturated carbocycles. The van der Waals surface area contributed by atoms with Crippen LogP contribution < -0.4 is 4.90 Å². The summed E-state index contributed by atoms with van der Waals surface area (Å²) in [5.41, 5.74) is 1.51. The second-order valence-electron chi connectivity index (χ2n) is 7.74. The highest BCUT2D eigenvalue weighted by Gasteiger charge is 2.24. The van der Waals surface area contributed by atoms with Crippen LogP contribution in [0.5, 0.6) is 0 Å². The first-order valence-electron chi connectivity index (χ1n) is 10.7. The van der Waals surface area contributed by atoms with Crippen molar-refractivity contribution in [2.75, 3.05) is 44.3 Å². The maximum atomic E-state index is 14.3. The minimum absolute atomic E-state index is 0.0481. The normalized spacial score (nSPS) is 14.7. The van der Waals surface area contributed by atoms with Crippen LogP contribution in [0.15, 0.2) is 42.6 Å². The van der Waals surface area contributed by atoms with Gasteiger partial charge in [-0.3, -0.25) is 19.6 Å². The molecule has 1 fully saturated rings. The van der Waals surface area contributed by atoms with E-state index in [0.717, 1.165) is 37.0 Å². The third-order valence-corrected chi connectivity index (χ3v) is 6.53. The van der Waals surface area contributed by atoms with Crippen LogP contribution in [0, 0.1) is 11.6 Å². The van der Waals surface area contributed by atoms with E-state index in [2.05, 4.69) is 19.9 Å². The predicted octanol–water partition coefficient (Wildman–Crippen LogP) is 3.89. The molecule has 1 aliphatic rings. The Labute approximate surface area is 192 Å². The zero-order valence-electron chi connectivity index (χ0n) is 17.7. The highest BCUT2D eigenvalue weighted by atomic mass is 32.1. The van der Waals surface area contributed by atoms with E-state index in [-0.39, 0.29) is 17.1 Å². The van der Waals surface area contributed by atoms with Gasteiger partial charge in [0, 0.05) is 32.2 Å². The Morgan fingerprint density at radius 1 is 1.12 bits per heavy atom. The lowest BCUT2D eigenvalue weighted by Crippen LogP contribution is -2.39.